The number of H-pyrrole nitrogens is 1. The number of benzene rings is 1. The molecule has 0 aliphatic rings. The van der Waals surface area contributed by atoms with Gasteiger partial charge in [-0.05, 0) is 24.1 Å². The fourth-order valence-corrected chi connectivity index (χ4v) is 2.32. The number of nitrogens with zero attached hydrogens (tertiary/aromatic N) is 1. The van der Waals surface area contributed by atoms with Gasteiger partial charge in [0.25, 0.3) is 0 Å². The molecule has 0 atom stereocenters. The summed E-state index contributed by atoms with van der Waals surface area (Å²) in [5.74, 6) is 0.179. The van der Waals surface area contributed by atoms with Gasteiger partial charge in [-0.1, -0.05) is 12.1 Å². The standard InChI is InChI=1S/C16H19FN2O2/c1-3-8-19(11-17)9-7-13-10-18-14-5-4-6-15(16(13)14)21-12(2)20/h3-6,10,18H,1,7-9,11H2,2H3. The van der Waals surface area contributed by atoms with Crippen LogP contribution in [0.5, 0.6) is 5.75 Å². The Balaban J connectivity index is 2.23. The van der Waals surface area contributed by atoms with Crippen molar-refractivity contribution in [3.05, 3.63) is 42.6 Å². The molecule has 0 saturated carbocycles. The maximum atomic E-state index is 12.8. The lowest BCUT2D eigenvalue weighted by molar-refractivity contribution is -0.131. The second kappa shape index (κ2) is 7.04. The van der Waals surface area contributed by atoms with Crippen LogP contribution in [0.3, 0.4) is 0 Å². The number of hydrogen-bond donors (Lipinski definition) is 1. The first-order chi connectivity index (χ1) is 10.2. The van der Waals surface area contributed by atoms with Crippen LogP contribution >= 0.6 is 0 Å². The van der Waals surface area contributed by atoms with Crippen molar-refractivity contribution in [3.8, 4) is 5.75 Å². The molecule has 1 N–H and O–H groups in total. The zero-order valence-electron chi connectivity index (χ0n) is 12.1. The summed E-state index contributed by atoms with van der Waals surface area (Å²) in [6, 6.07) is 5.51. The minimum atomic E-state index is -0.509. The zero-order chi connectivity index (χ0) is 15.2. The van der Waals surface area contributed by atoms with Crippen LogP contribution in [0.25, 0.3) is 10.9 Å². The van der Waals surface area contributed by atoms with E-state index >= 15 is 0 Å². The van der Waals surface area contributed by atoms with Crippen LogP contribution in [0, 0.1) is 0 Å². The summed E-state index contributed by atoms with van der Waals surface area (Å²) < 4.78 is 18.1. The average Bonchev–Trinajstić information content (AvgIpc) is 2.87. The summed E-state index contributed by atoms with van der Waals surface area (Å²) in [7, 11) is 0. The van der Waals surface area contributed by atoms with Crippen molar-refractivity contribution in [1.82, 2.24) is 9.88 Å². The van der Waals surface area contributed by atoms with Gasteiger partial charge in [0.2, 0.25) is 0 Å². The highest BCUT2D eigenvalue weighted by atomic mass is 19.1. The monoisotopic (exact) mass is 290 g/mol. The Morgan fingerprint density at radius 1 is 1.52 bits per heavy atom. The first-order valence-electron chi connectivity index (χ1n) is 6.82. The third-order valence-corrected chi connectivity index (χ3v) is 3.26. The van der Waals surface area contributed by atoms with Gasteiger partial charge >= 0.3 is 5.97 Å². The largest absolute Gasteiger partial charge is 0.426 e. The van der Waals surface area contributed by atoms with Crippen LogP contribution in [0.15, 0.2) is 37.1 Å². The van der Waals surface area contributed by atoms with Crippen molar-refractivity contribution in [3.63, 3.8) is 0 Å². The lowest BCUT2D eigenvalue weighted by atomic mass is 10.1. The van der Waals surface area contributed by atoms with Gasteiger partial charge in [0.1, 0.15) is 12.5 Å². The lowest BCUT2D eigenvalue weighted by Gasteiger charge is -2.15. The van der Waals surface area contributed by atoms with E-state index in [2.05, 4.69) is 11.6 Å². The Morgan fingerprint density at radius 2 is 2.33 bits per heavy atom. The van der Waals surface area contributed by atoms with E-state index in [4.69, 9.17) is 4.74 Å². The molecule has 1 heterocycles. The Morgan fingerprint density at radius 3 is 3.00 bits per heavy atom. The highest BCUT2D eigenvalue weighted by Gasteiger charge is 2.12. The fourth-order valence-electron chi connectivity index (χ4n) is 2.32. The molecule has 2 aromatic rings. The second-order valence-corrected chi connectivity index (χ2v) is 4.82. The van der Waals surface area contributed by atoms with E-state index in [-0.39, 0.29) is 5.97 Å². The number of hydrogen-bond acceptors (Lipinski definition) is 3. The van der Waals surface area contributed by atoms with Crippen molar-refractivity contribution >= 4 is 16.9 Å². The summed E-state index contributed by atoms with van der Waals surface area (Å²) in [5, 5.41) is 0.880. The van der Waals surface area contributed by atoms with Gasteiger partial charge in [-0.2, -0.15) is 0 Å². The Hall–Kier alpha value is -2.14. The van der Waals surface area contributed by atoms with Crippen LogP contribution in [0.1, 0.15) is 12.5 Å². The van der Waals surface area contributed by atoms with Crippen molar-refractivity contribution in [2.45, 2.75) is 13.3 Å². The van der Waals surface area contributed by atoms with Crippen molar-refractivity contribution in [2.75, 3.05) is 19.9 Å². The van der Waals surface area contributed by atoms with Crippen LogP contribution in [-0.4, -0.2) is 35.7 Å². The quantitative estimate of drug-likeness (QED) is 0.369. The fraction of sp³-hybridized carbons (Fsp3) is 0.312. The summed E-state index contributed by atoms with van der Waals surface area (Å²) in [6.45, 7) is 5.57. The zero-order valence-corrected chi connectivity index (χ0v) is 12.1. The minimum absolute atomic E-state index is 0.355. The molecule has 0 saturated heterocycles. The number of nitrogens with one attached hydrogen (secondary N) is 1. The normalized spacial score (nSPS) is 11.0. The Kier molecular flexibility index (Phi) is 5.11. The second-order valence-electron chi connectivity index (χ2n) is 4.82. The third-order valence-electron chi connectivity index (χ3n) is 3.26. The maximum Gasteiger partial charge on any atom is 0.308 e. The first kappa shape index (κ1) is 15.3. The van der Waals surface area contributed by atoms with Gasteiger partial charge in [-0.25, -0.2) is 4.39 Å². The van der Waals surface area contributed by atoms with Crippen LogP contribution in [0.4, 0.5) is 4.39 Å². The molecule has 0 unspecified atom stereocenters. The number of aromatic nitrogens is 1. The third kappa shape index (κ3) is 3.70. The van der Waals surface area contributed by atoms with Gasteiger partial charge in [0.15, 0.2) is 0 Å². The van der Waals surface area contributed by atoms with Gasteiger partial charge in [-0.15, -0.1) is 6.58 Å². The van der Waals surface area contributed by atoms with E-state index in [1.807, 2.05) is 18.3 Å². The highest BCUT2D eigenvalue weighted by molar-refractivity contribution is 5.91. The molecule has 4 nitrogen and oxygen atoms in total. The number of carbonyl (C=O) groups is 1. The van der Waals surface area contributed by atoms with Crippen LogP contribution in [-0.2, 0) is 11.2 Å². The van der Waals surface area contributed by atoms with Gasteiger partial charge in [-0.3, -0.25) is 9.69 Å². The molecular formula is C16H19FN2O2. The number of halogens is 1. The summed E-state index contributed by atoms with van der Waals surface area (Å²) >= 11 is 0. The van der Waals surface area contributed by atoms with Crippen molar-refractivity contribution < 1.29 is 13.9 Å². The number of aromatic amines is 1. The number of rotatable bonds is 7. The van der Waals surface area contributed by atoms with Gasteiger partial charge in [0.05, 0.1) is 0 Å². The van der Waals surface area contributed by atoms with E-state index in [0.717, 1.165) is 16.5 Å². The molecule has 0 spiro atoms. The van der Waals surface area contributed by atoms with E-state index in [1.165, 1.54) is 6.92 Å². The van der Waals surface area contributed by atoms with Crippen LogP contribution in [0.2, 0.25) is 0 Å². The first-order valence-corrected chi connectivity index (χ1v) is 6.82. The average molecular weight is 290 g/mol. The summed E-state index contributed by atoms with van der Waals surface area (Å²) in [6.07, 6.45) is 4.22. The molecule has 0 fully saturated rings. The number of alkyl halides is 1. The molecule has 0 aliphatic heterocycles. The molecule has 0 bridgehead atoms. The molecular weight excluding hydrogens is 271 g/mol. The number of ether oxygens (including phenoxy) is 1. The minimum Gasteiger partial charge on any atom is -0.426 e. The molecule has 0 amide bonds. The number of carbonyl (C=O) groups excluding carboxylic acids is 1. The van der Waals surface area contributed by atoms with E-state index in [1.54, 1.807) is 17.0 Å². The maximum absolute atomic E-state index is 12.8. The highest BCUT2D eigenvalue weighted by Crippen LogP contribution is 2.29. The van der Waals surface area contributed by atoms with Gasteiger partial charge < -0.3 is 9.72 Å². The SMILES string of the molecule is C=CCN(CF)CCc1c[nH]c2cccc(OC(C)=O)c12. The van der Waals surface area contributed by atoms with Crippen LogP contribution < -0.4 is 4.74 Å². The molecule has 1 aromatic carbocycles. The van der Waals surface area contributed by atoms with E-state index in [0.29, 0.717) is 25.3 Å². The number of fused-ring (bicyclic) bond motifs is 1. The Bertz CT molecular complexity index is 636. The molecule has 2 rings (SSSR count). The lowest BCUT2D eigenvalue weighted by Crippen LogP contribution is -2.25. The predicted octanol–water partition coefficient (Wildman–Crippen LogP) is 3.05. The topological polar surface area (TPSA) is 45.3 Å². The van der Waals surface area contributed by atoms with Crippen molar-refractivity contribution in [1.29, 1.82) is 0 Å². The molecule has 0 radical (unpaired) electrons. The summed E-state index contributed by atoms with van der Waals surface area (Å²) in [4.78, 5) is 16.0. The smallest absolute Gasteiger partial charge is 0.308 e. The molecule has 21 heavy (non-hydrogen) atoms. The summed E-state index contributed by atoms with van der Waals surface area (Å²) in [5.41, 5.74) is 1.91. The number of esters is 1. The molecule has 5 heteroatoms. The van der Waals surface area contributed by atoms with Crippen molar-refractivity contribution in [2.24, 2.45) is 0 Å². The van der Waals surface area contributed by atoms with E-state index < -0.39 is 6.80 Å². The Labute approximate surface area is 123 Å². The predicted molar refractivity (Wildman–Crippen MR) is 81.1 cm³/mol. The molecule has 1 aromatic heterocycles. The van der Waals surface area contributed by atoms with E-state index in [9.17, 15) is 9.18 Å². The van der Waals surface area contributed by atoms with Gasteiger partial charge in [0, 0.05) is 37.1 Å². The molecule has 112 valence electrons. The molecule has 0 aliphatic carbocycles.